The molecule has 0 spiro atoms. The van der Waals surface area contributed by atoms with E-state index in [0.29, 0.717) is 11.4 Å². The molecule has 1 heterocycles. The fourth-order valence-electron chi connectivity index (χ4n) is 2.75. The fourth-order valence-corrected chi connectivity index (χ4v) is 2.75. The van der Waals surface area contributed by atoms with Crippen molar-refractivity contribution in [1.29, 1.82) is 0 Å². The Morgan fingerprint density at radius 3 is 2.50 bits per heavy atom. The number of aromatic nitrogens is 2. The molecule has 6 nitrogen and oxygen atoms in total. The minimum atomic E-state index is -0.618. The zero-order chi connectivity index (χ0) is 18.8. The van der Waals surface area contributed by atoms with Crippen molar-refractivity contribution in [3.05, 3.63) is 76.0 Å². The highest BCUT2D eigenvalue weighted by Crippen LogP contribution is 2.21. The summed E-state index contributed by atoms with van der Waals surface area (Å²) in [7, 11) is 3.11. The Morgan fingerprint density at radius 1 is 1.15 bits per heavy atom. The second kappa shape index (κ2) is 6.87. The first kappa shape index (κ1) is 17.5. The van der Waals surface area contributed by atoms with Crippen LogP contribution in [0.5, 0.6) is 5.75 Å². The van der Waals surface area contributed by atoms with Crippen LogP contribution in [-0.2, 0) is 7.05 Å². The molecule has 7 heteroatoms. The van der Waals surface area contributed by atoms with E-state index in [1.807, 2.05) is 18.2 Å². The van der Waals surface area contributed by atoms with Crippen molar-refractivity contribution in [3.8, 4) is 11.4 Å². The topological polar surface area (TPSA) is 65.3 Å². The summed E-state index contributed by atoms with van der Waals surface area (Å²) in [5, 5.41) is 2.59. The van der Waals surface area contributed by atoms with E-state index in [1.165, 1.54) is 23.9 Å². The molecule has 0 fully saturated rings. The van der Waals surface area contributed by atoms with Gasteiger partial charge in [0.2, 0.25) is 0 Å². The Morgan fingerprint density at radius 2 is 1.85 bits per heavy atom. The normalized spacial score (nSPS) is 10.6. The molecule has 2 aromatic carbocycles. The number of benzene rings is 2. The predicted octanol–water partition coefficient (Wildman–Crippen LogP) is 2.88. The van der Waals surface area contributed by atoms with Crippen LogP contribution >= 0.6 is 0 Å². The average molecular weight is 355 g/mol. The summed E-state index contributed by atoms with van der Waals surface area (Å²) >= 11 is 0. The number of hydrogen-bond acceptors (Lipinski definition) is 3. The lowest BCUT2D eigenvalue weighted by Gasteiger charge is -2.08. The number of para-hydroxylation sites is 1. The molecular formula is C19H18FN3O3. The first-order chi connectivity index (χ1) is 12.4. The monoisotopic (exact) mass is 355 g/mol. The molecule has 0 unspecified atom stereocenters. The largest absolute Gasteiger partial charge is 0.496 e. The number of carbonyl (C=O) groups excluding carboxylic acids is 1. The van der Waals surface area contributed by atoms with Crippen LogP contribution in [0.2, 0.25) is 0 Å². The molecule has 0 atom stereocenters. The van der Waals surface area contributed by atoms with Gasteiger partial charge < -0.3 is 10.1 Å². The molecule has 0 aliphatic rings. The zero-order valence-corrected chi connectivity index (χ0v) is 14.6. The number of amides is 1. The fraction of sp³-hybridized carbons (Fsp3) is 0.158. The molecule has 1 amide bonds. The second-order valence-electron chi connectivity index (χ2n) is 5.74. The van der Waals surface area contributed by atoms with Crippen LogP contribution in [0.15, 0.2) is 53.3 Å². The maximum Gasteiger partial charge on any atom is 0.295 e. The first-order valence-electron chi connectivity index (χ1n) is 7.93. The third kappa shape index (κ3) is 2.99. The van der Waals surface area contributed by atoms with Crippen LogP contribution in [0.3, 0.4) is 0 Å². The van der Waals surface area contributed by atoms with Crippen LogP contribution in [0.1, 0.15) is 16.1 Å². The van der Waals surface area contributed by atoms with Gasteiger partial charge in [-0.15, -0.1) is 0 Å². The molecule has 1 aromatic heterocycles. The number of nitrogens with zero attached hydrogens (tertiary/aromatic N) is 2. The average Bonchev–Trinajstić information content (AvgIpc) is 2.85. The molecule has 0 saturated heterocycles. The maximum absolute atomic E-state index is 13.5. The van der Waals surface area contributed by atoms with Crippen LogP contribution in [-0.4, -0.2) is 22.4 Å². The van der Waals surface area contributed by atoms with Gasteiger partial charge in [-0.25, -0.2) is 9.07 Å². The van der Waals surface area contributed by atoms with E-state index in [1.54, 1.807) is 30.8 Å². The van der Waals surface area contributed by atoms with Gasteiger partial charge in [0.25, 0.3) is 11.5 Å². The highest BCUT2D eigenvalue weighted by molar-refractivity contribution is 6.06. The zero-order valence-electron chi connectivity index (χ0n) is 14.6. The summed E-state index contributed by atoms with van der Waals surface area (Å²) in [6, 6.07) is 12.7. The van der Waals surface area contributed by atoms with Crippen molar-refractivity contribution in [1.82, 2.24) is 9.36 Å². The third-order valence-corrected chi connectivity index (χ3v) is 4.20. The van der Waals surface area contributed by atoms with Crippen LogP contribution < -0.4 is 15.6 Å². The van der Waals surface area contributed by atoms with E-state index >= 15 is 0 Å². The van der Waals surface area contributed by atoms with Gasteiger partial charge in [-0.2, -0.15) is 0 Å². The molecule has 1 N–H and O–H groups in total. The van der Waals surface area contributed by atoms with E-state index in [-0.39, 0.29) is 22.6 Å². The van der Waals surface area contributed by atoms with E-state index < -0.39 is 11.7 Å². The molecular weight excluding hydrogens is 337 g/mol. The summed E-state index contributed by atoms with van der Waals surface area (Å²) in [6.07, 6.45) is 0. The van der Waals surface area contributed by atoms with Crippen LogP contribution in [0, 0.1) is 12.7 Å². The number of hydrogen-bond donors (Lipinski definition) is 1. The standard InChI is InChI=1S/C19H18FN3O3/c1-12-17(19(25)23(22(12)2)14-7-5-4-6-8-14)21-18(24)15-11-13(20)9-10-16(15)26-3/h4-11H,1-3H3,(H,21,24). The maximum atomic E-state index is 13.5. The summed E-state index contributed by atoms with van der Waals surface area (Å²) < 4.78 is 21.7. The lowest BCUT2D eigenvalue weighted by molar-refractivity contribution is 0.102. The minimum absolute atomic E-state index is 0.0152. The first-order valence-corrected chi connectivity index (χ1v) is 7.93. The van der Waals surface area contributed by atoms with Crippen molar-refractivity contribution < 1.29 is 13.9 Å². The van der Waals surface area contributed by atoms with Gasteiger partial charge in [0.1, 0.15) is 17.3 Å². The lowest BCUT2D eigenvalue weighted by Crippen LogP contribution is -2.23. The second-order valence-corrected chi connectivity index (χ2v) is 5.74. The van der Waals surface area contributed by atoms with Gasteiger partial charge in [-0.1, -0.05) is 18.2 Å². The van der Waals surface area contributed by atoms with E-state index in [9.17, 15) is 14.0 Å². The Labute approximate surface area is 149 Å². The quantitative estimate of drug-likeness (QED) is 0.783. The van der Waals surface area contributed by atoms with Crippen molar-refractivity contribution in [3.63, 3.8) is 0 Å². The lowest BCUT2D eigenvalue weighted by atomic mass is 10.1. The molecule has 0 aliphatic carbocycles. The SMILES string of the molecule is COc1ccc(F)cc1C(=O)Nc1c(C)n(C)n(-c2ccccc2)c1=O. The molecule has 0 aliphatic heterocycles. The number of carbonyl (C=O) groups is 1. The van der Waals surface area contributed by atoms with E-state index in [4.69, 9.17) is 4.74 Å². The molecule has 0 radical (unpaired) electrons. The van der Waals surface area contributed by atoms with Gasteiger partial charge >= 0.3 is 0 Å². The number of anilines is 1. The van der Waals surface area contributed by atoms with Crippen LogP contribution in [0.25, 0.3) is 5.69 Å². The van der Waals surface area contributed by atoms with E-state index in [2.05, 4.69) is 5.32 Å². The Balaban J connectivity index is 2.03. The molecule has 134 valence electrons. The Hall–Kier alpha value is -3.35. The van der Waals surface area contributed by atoms with Crippen molar-refractivity contribution >= 4 is 11.6 Å². The van der Waals surface area contributed by atoms with Gasteiger partial charge in [0, 0.05) is 7.05 Å². The van der Waals surface area contributed by atoms with Gasteiger partial charge in [0.15, 0.2) is 0 Å². The van der Waals surface area contributed by atoms with Gasteiger partial charge in [0.05, 0.1) is 24.1 Å². The predicted molar refractivity (Wildman–Crippen MR) is 96.7 cm³/mol. The Kier molecular flexibility index (Phi) is 4.62. The highest BCUT2D eigenvalue weighted by Gasteiger charge is 2.20. The summed E-state index contributed by atoms with van der Waals surface area (Å²) in [5.41, 5.74) is 1.02. The Bertz CT molecular complexity index is 1020. The highest BCUT2D eigenvalue weighted by atomic mass is 19.1. The van der Waals surface area contributed by atoms with Gasteiger partial charge in [-0.05, 0) is 37.3 Å². The third-order valence-electron chi connectivity index (χ3n) is 4.20. The number of methoxy groups -OCH3 is 1. The number of ether oxygens (including phenoxy) is 1. The smallest absolute Gasteiger partial charge is 0.295 e. The molecule has 3 aromatic rings. The minimum Gasteiger partial charge on any atom is -0.496 e. The van der Waals surface area contributed by atoms with Crippen molar-refractivity contribution in [2.75, 3.05) is 12.4 Å². The molecule has 0 saturated carbocycles. The summed E-state index contributed by atoms with van der Waals surface area (Å²) in [6.45, 7) is 1.72. The summed E-state index contributed by atoms with van der Waals surface area (Å²) in [5.74, 6) is -0.962. The summed E-state index contributed by atoms with van der Waals surface area (Å²) in [4.78, 5) is 25.4. The molecule has 0 bridgehead atoms. The molecule has 3 rings (SSSR count). The van der Waals surface area contributed by atoms with E-state index in [0.717, 1.165) is 6.07 Å². The number of nitrogens with one attached hydrogen (secondary N) is 1. The van der Waals surface area contributed by atoms with Crippen molar-refractivity contribution in [2.45, 2.75) is 6.92 Å². The van der Waals surface area contributed by atoms with Crippen molar-refractivity contribution in [2.24, 2.45) is 7.05 Å². The van der Waals surface area contributed by atoms with Gasteiger partial charge in [-0.3, -0.25) is 14.3 Å². The number of rotatable bonds is 4. The van der Waals surface area contributed by atoms with Crippen LogP contribution in [0.4, 0.5) is 10.1 Å². The molecule has 26 heavy (non-hydrogen) atoms. The number of halogens is 1.